The van der Waals surface area contributed by atoms with Crippen LogP contribution in [0.3, 0.4) is 0 Å². The van der Waals surface area contributed by atoms with Crippen LogP contribution in [-0.4, -0.2) is 30.0 Å². The van der Waals surface area contributed by atoms with E-state index in [4.69, 9.17) is 25.6 Å². The topological polar surface area (TPSA) is 69.4 Å². The van der Waals surface area contributed by atoms with E-state index in [1.165, 1.54) is 0 Å². The zero-order chi connectivity index (χ0) is 13.8. The quantitative estimate of drug-likeness (QED) is 0.934. The first-order chi connectivity index (χ1) is 9.81. The Morgan fingerprint density at radius 2 is 2.30 bits per heavy atom. The minimum absolute atomic E-state index is 0.243. The average molecular weight is 296 g/mol. The van der Waals surface area contributed by atoms with Crippen LogP contribution in [0.2, 0.25) is 5.02 Å². The molecule has 20 heavy (non-hydrogen) atoms. The molecular weight excluding hydrogens is 282 g/mol. The summed E-state index contributed by atoms with van der Waals surface area (Å²) in [5, 5.41) is 7.75. The van der Waals surface area contributed by atoms with E-state index in [9.17, 15) is 0 Å². The first kappa shape index (κ1) is 13.4. The van der Waals surface area contributed by atoms with Crippen molar-refractivity contribution in [1.82, 2.24) is 10.1 Å². The summed E-state index contributed by atoms with van der Waals surface area (Å²) in [6, 6.07) is 7.44. The normalized spacial score (nSPS) is 18.9. The SMILES string of the molecule is Clc1cccc(NCc2nc(C3COCCO3)no2)c1. The van der Waals surface area contributed by atoms with Crippen LogP contribution in [0.1, 0.15) is 17.8 Å². The fraction of sp³-hybridized carbons (Fsp3) is 0.385. The summed E-state index contributed by atoms with van der Waals surface area (Å²) in [7, 11) is 0. The molecule has 6 nitrogen and oxygen atoms in total. The maximum atomic E-state index is 5.91. The van der Waals surface area contributed by atoms with Crippen molar-refractivity contribution in [2.24, 2.45) is 0 Å². The van der Waals surface area contributed by atoms with Crippen LogP contribution < -0.4 is 5.32 Å². The standard InChI is InChI=1S/C13H14ClN3O3/c14-9-2-1-3-10(6-9)15-7-12-16-13(17-20-12)11-8-18-4-5-19-11/h1-3,6,11,15H,4-5,7-8H2. The molecule has 2 aromatic rings. The molecule has 1 saturated heterocycles. The molecule has 0 saturated carbocycles. The number of nitrogens with zero attached hydrogens (tertiary/aromatic N) is 2. The Kier molecular flexibility index (Phi) is 4.15. The first-order valence-electron chi connectivity index (χ1n) is 6.32. The highest BCUT2D eigenvalue weighted by Crippen LogP contribution is 2.19. The molecule has 106 valence electrons. The molecule has 2 heterocycles. The largest absolute Gasteiger partial charge is 0.376 e. The van der Waals surface area contributed by atoms with Gasteiger partial charge in [-0.05, 0) is 18.2 Å². The molecule has 0 aliphatic carbocycles. The minimum atomic E-state index is -0.243. The fourth-order valence-electron chi connectivity index (χ4n) is 1.88. The van der Waals surface area contributed by atoms with Gasteiger partial charge in [0.15, 0.2) is 0 Å². The molecule has 1 unspecified atom stereocenters. The van der Waals surface area contributed by atoms with Gasteiger partial charge in [-0.3, -0.25) is 0 Å². The van der Waals surface area contributed by atoms with Gasteiger partial charge in [-0.25, -0.2) is 0 Å². The maximum Gasteiger partial charge on any atom is 0.246 e. The third-order valence-electron chi connectivity index (χ3n) is 2.86. The van der Waals surface area contributed by atoms with E-state index in [1.54, 1.807) is 0 Å². The zero-order valence-electron chi connectivity index (χ0n) is 10.7. The monoisotopic (exact) mass is 295 g/mol. The van der Waals surface area contributed by atoms with Gasteiger partial charge in [0.2, 0.25) is 11.7 Å². The van der Waals surface area contributed by atoms with Gasteiger partial charge in [0.25, 0.3) is 0 Å². The predicted molar refractivity (Wildman–Crippen MR) is 72.6 cm³/mol. The first-order valence-corrected chi connectivity index (χ1v) is 6.70. The number of rotatable bonds is 4. The molecule has 7 heteroatoms. The highest BCUT2D eigenvalue weighted by atomic mass is 35.5. The van der Waals surface area contributed by atoms with Gasteiger partial charge in [0.05, 0.1) is 26.4 Å². The highest BCUT2D eigenvalue weighted by molar-refractivity contribution is 6.30. The Hall–Kier alpha value is -1.63. The summed E-state index contributed by atoms with van der Waals surface area (Å²) in [6.07, 6.45) is -0.243. The average Bonchev–Trinajstić information content (AvgIpc) is 2.95. The Bertz CT molecular complexity index is 569. The lowest BCUT2D eigenvalue weighted by molar-refractivity contribution is -0.0941. The second-order valence-electron chi connectivity index (χ2n) is 4.34. The van der Waals surface area contributed by atoms with Gasteiger partial charge < -0.3 is 19.3 Å². The molecule has 0 spiro atoms. The van der Waals surface area contributed by atoms with E-state index >= 15 is 0 Å². The number of halogens is 1. The molecule has 1 aliphatic rings. The van der Waals surface area contributed by atoms with E-state index < -0.39 is 0 Å². The Morgan fingerprint density at radius 1 is 1.35 bits per heavy atom. The number of aromatic nitrogens is 2. The van der Waals surface area contributed by atoms with Crippen LogP contribution in [0.15, 0.2) is 28.8 Å². The number of ether oxygens (including phenoxy) is 2. The molecule has 0 bridgehead atoms. The molecular formula is C13H14ClN3O3. The van der Waals surface area contributed by atoms with Crippen molar-refractivity contribution in [1.29, 1.82) is 0 Å². The van der Waals surface area contributed by atoms with E-state index in [-0.39, 0.29) is 6.10 Å². The van der Waals surface area contributed by atoms with Crippen molar-refractivity contribution in [2.45, 2.75) is 12.6 Å². The van der Waals surface area contributed by atoms with E-state index in [1.807, 2.05) is 24.3 Å². The molecule has 0 radical (unpaired) electrons. The molecule has 1 atom stereocenters. The number of benzene rings is 1. The smallest absolute Gasteiger partial charge is 0.246 e. The van der Waals surface area contributed by atoms with Crippen LogP contribution in [0, 0.1) is 0 Å². The van der Waals surface area contributed by atoms with E-state index in [0.717, 1.165) is 5.69 Å². The summed E-state index contributed by atoms with van der Waals surface area (Å²) < 4.78 is 16.0. The van der Waals surface area contributed by atoms with Crippen LogP contribution in [0.4, 0.5) is 5.69 Å². The van der Waals surface area contributed by atoms with Crippen LogP contribution in [-0.2, 0) is 16.0 Å². The van der Waals surface area contributed by atoms with Crippen LogP contribution >= 0.6 is 11.6 Å². The lowest BCUT2D eigenvalue weighted by atomic mass is 10.3. The summed E-state index contributed by atoms with van der Waals surface area (Å²) in [6.45, 7) is 2.05. The van der Waals surface area contributed by atoms with Gasteiger partial charge in [-0.15, -0.1) is 0 Å². The Labute approximate surface area is 121 Å². The van der Waals surface area contributed by atoms with Crippen molar-refractivity contribution in [3.63, 3.8) is 0 Å². The third kappa shape index (κ3) is 3.27. The van der Waals surface area contributed by atoms with Crippen molar-refractivity contribution >= 4 is 17.3 Å². The van der Waals surface area contributed by atoms with Crippen molar-refractivity contribution in [2.75, 3.05) is 25.1 Å². The number of anilines is 1. The molecule has 0 amide bonds. The van der Waals surface area contributed by atoms with Crippen LogP contribution in [0.5, 0.6) is 0 Å². The number of hydrogen-bond acceptors (Lipinski definition) is 6. The third-order valence-corrected chi connectivity index (χ3v) is 3.09. The lowest BCUT2D eigenvalue weighted by Crippen LogP contribution is -2.22. The summed E-state index contributed by atoms with van der Waals surface area (Å²) in [4.78, 5) is 4.29. The zero-order valence-corrected chi connectivity index (χ0v) is 11.5. The fourth-order valence-corrected chi connectivity index (χ4v) is 2.07. The molecule has 1 N–H and O–H groups in total. The van der Waals surface area contributed by atoms with E-state index in [0.29, 0.717) is 43.1 Å². The van der Waals surface area contributed by atoms with E-state index in [2.05, 4.69) is 15.5 Å². The Balaban J connectivity index is 1.59. The summed E-state index contributed by atoms with van der Waals surface area (Å²) in [5.41, 5.74) is 0.898. The Morgan fingerprint density at radius 3 is 3.10 bits per heavy atom. The minimum Gasteiger partial charge on any atom is -0.376 e. The molecule has 1 fully saturated rings. The van der Waals surface area contributed by atoms with Gasteiger partial charge in [-0.2, -0.15) is 4.98 Å². The molecule has 3 rings (SSSR count). The van der Waals surface area contributed by atoms with Crippen molar-refractivity contribution < 1.29 is 14.0 Å². The maximum absolute atomic E-state index is 5.91. The second kappa shape index (κ2) is 6.21. The molecule has 1 aromatic carbocycles. The van der Waals surface area contributed by atoms with Gasteiger partial charge >= 0.3 is 0 Å². The van der Waals surface area contributed by atoms with Crippen LogP contribution in [0.25, 0.3) is 0 Å². The van der Waals surface area contributed by atoms with Gasteiger partial charge in [0.1, 0.15) is 6.10 Å². The summed E-state index contributed by atoms with van der Waals surface area (Å²) in [5.74, 6) is 1.02. The summed E-state index contributed by atoms with van der Waals surface area (Å²) >= 11 is 5.91. The van der Waals surface area contributed by atoms with Gasteiger partial charge in [0, 0.05) is 10.7 Å². The molecule has 1 aromatic heterocycles. The van der Waals surface area contributed by atoms with Crippen molar-refractivity contribution in [3.8, 4) is 0 Å². The number of hydrogen-bond donors (Lipinski definition) is 1. The second-order valence-corrected chi connectivity index (χ2v) is 4.78. The predicted octanol–water partition coefficient (Wildman–Crippen LogP) is 2.42. The van der Waals surface area contributed by atoms with Crippen molar-refractivity contribution in [3.05, 3.63) is 41.0 Å². The highest BCUT2D eigenvalue weighted by Gasteiger charge is 2.22. The molecule has 1 aliphatic heterocycles. The van der Waals surface area contributed by atoms with Gasteiger partial charge in [-0.1, -0.05) is 22.8 Å². The lowest BCUT2D eigenvalue weighted by Gasteiger charge is -2.19. The number of nitrogens with one attached hydrogen (secondary N) is 1.